The smallest absolute Gasteiger partial charge is 0.223 e. The summed E-state index contributed by atoms with van der Waals surface area (Å²) >= 11 is 0. The van der Waals surface area contributed by atoms with Crippen molar-refractivity contribution in [2.24, 2.45) is 0 Å². The first kappa shape index (κ1) is 23.7. The van der Waals surface area contributed by atoms with Gasteiger partial charge in [-0.3, -0.25) is 4.79 Å². The number of likely N-dealkylation sites (tertiary alicyclic amines) is 1. The summed E-state index contributed by atoms with van der Waals surface area (Å²) in [6.07, 6.45) is 9.11. The van der Waals surface area contributed by atoms with Crippen molar-refractivity contribution in [2.45, 2.75) is 109 Å². The highest BCUT2D eigenvalue weighted by atomic mass is 16.3. The highest BCUT2D eigenvalue weighted by Crippen LogP contribution is 2.39. The highest BCUT2D eigenvalue weighted by Gasteiger charge is 2.33. The van der Waals surface area contributed by atoms with E-state index in [0.717, 1.165) is 30.4 Å². The normalized spacial score (nSPS) is 20.1. The fourth-order valence-electron chi connectivity index (χ4n) is 4.40. The summed E-state index contributed by atoms with van der Waals surface area (Å²) in [4.78, 5) is 14.6. The minimum absolute atomic E-state index is 0.00641. The summed E-state index contributed by atoms with van der Waals surface area (Å²) in [6.45, 7) is 9.33. The number of carbonyl (C=O) groups excluding carboxylic acids is 1. The largest absolute Gasteiger partial charge is 0.508 e. The molecule has 1 fully saturated rings. The zero-order valence-corrected chi connectivity index (χ0v) is 18.9. The maximum Gasteiger partial charge on any atom is 0.223 e. The number of piperidine rings is 1. The van der Waals surface area contributed by atoms with Crippen molar-refractivity contribution in [3.05, 3.63) is 29.3 Å². The van der Waals surface area contributed by atoms with Gasteiger partial charge in [-0.1, -0.05) is 71.9 Å². The number of aliphatic hydroxyl groups is 1. The molecule has 2 N–H and O–H groups in total. The third kappa shape index (κ3) is 6.47. The molecule has 0 aromatic heterocycles. The minimum atomic E-state index is -0.427. The van der Waals surface area contributed by atoms with Crippen LogP contribution in [0.4, 0.5) is 0 Å². The summed E-state index contributed by atoms with van der Waals surface area (Å²) in [7, 11) is 0. The van der Waals surface area contributed by atoms with E-state index in [1.165, 1.54) is 25.7 Å². The number of nitrogens with zero attached hydrogens (tertiary/aromatic N) is 1. The van der Waals surface area contributed by atoms with Crippen LogP contribution in [-0.4, -0.2) is 33.7 Å². The van der Waals surface area contributed by atoms with E-state index < -0.39 is 6.10 Å². The van der Waals surface area contributed by atoms with Gasteiger partial charge in [-0.2, -0.15) is 0 Å². The van der Waals surface area contributed by atoms with Gasteiger partial charge >= 0.3 is 0 Å². The van der Waals surface area contributed by atoms with Crippen molar-refractivity contribution < 1.29 is 15.0 Å². The van der Waals surface area contributed by atoms with Crippen molar-refractivity contribution in [2.75, 3.05) is 6.54 Å². The van der Waals surface area contributed by atoms with Gasteiger partial charge in [-0.15, -0.1) is 0 Å². The first-order valence-electron chi connectivity index (χ1n) is 11.6. The highest BCUT2D eigenvalue weighted by molar-refractivity contribution is 5.77. The monoisotopic (exact) mass is 403 g/mol. The Bertz CT molecular complexity index is 655. The molecule has 1 aromatic rings. The summed E-state index contributed by atoms with van der Waals surface area (Å²) in [5, 5.41) is 21.1. The lowest BCUT2D eigenvalue weighted by atomic mass is 9.79. The van der Waals surface area contributed by atoms with Crippen LogP contribution in [0.2, 0.25) is 0 Å². The molecule has 1 amide bonds. The molecule has 0 saturated carbocycles. The summed E-state index contributed by atoms with van der Waals surface area (Å²) in [6, 6.07) is 5.71. The van der Waals surface area contributed by atoms with Crippen LogP contribution in [0, 0.1) is 0 Å². The van der Waals surface area contributed by atoms with Crippen LogP contribution in [0.15, 0.2) is 18.2 Å². The summed E-state index contributed by atoms with van der Waals surface area (Å²) in [5.41, 5.74) is 1.90. The molecule has 1 heterocycles. The molecule has 1 aliphatic heterocycles. The third-order valence-electron chi connectivity index (χ3n) is 6.47. The fourth-order valence-corrected chi connectivity index (χ4v) is 4.40. The Hall–Kier alpha value is -1.55. The van der Waals surface area contributed by atoms with Crippen LogP contribution >= 0.6 is 0 Å². The van der Waals surface area contributed by atoms with Crippen molar-refractivity contribution in [1.82, 2.24) is 4.90 Å². The second-order valence-electron chi connectivity index (χ2n) is 9.35. The lowest BCUT2D eigenvalue weighted by molar-refractivity contribution is -0.137. The second-order valence-corrected chi connectivity index (χ2v) is 9.35. The number of rotatable bonds is 10. The first-order chi connectivity index (χ1) is 13.8. The molecule has 1 aliphatic rings. The number of aromatic hydroxyl groups is 1. The molecule has 2 rings (SSSR count). The zero-order chi connectivity index (χ0) is 21.4. The van der Waals surface area contributed by atoms with Crippen LogP contribution in [0.3, 0.4) is 0 Å². The Labute approximate surface area is 177 Å². The van der Waals surface area contributed by atoms with E-state index in [2.05, 4.69) is 33.8 Å². The number of amides is 1. The predicted molar refractivity (Wildman–Crippen MR) is 119 cm³/mol. The molecule has 4 heteroatoms. The molecular weight excluding hydrogens is 362 g/mol. The Balaban J connectivity index is 2.18. The van der Waals surface area contributed by atoms with Crippen LogP contribution in [0.5, 0.6) is 5.75 Å². The SMILES string of the molecule is CCCCCCC(C)(C)c1ccc(C2CC(O)CCN2C(=O)CCCC)c(O)c1. The van der Waals surface area contributed by atoms with Gasteiger partial charge in [0.1, 0.15) is 5.75 Å². The van der Waals surface area contributed by atoms with Gasteiger partial charge in [0.15, 0.2) is 0 Å². The molecule has 0 aliphatic carbocycles. The first-order valence-corrected chi connectivity index (χ1v) is 11.6. The van der Waals surface area contributed by atoms with Gasteiger partial charge in [0, 0.05) is 18.5 Å². The number of carbonyl (C=O) groups is 1. The number of phenolic OH excluding ortho intramolecular Hbond substituents is 1. The molecule has 2 atom stereocenters. The van der Waals surface area contributed by atoms with Crippen LogP contribution < -0.4 is 0 Å². The van der Waals surface area contributed by atoms with E-state index in [1.54, 1.807) is 0 Å². The van der Waals surface area contributed by atoms with E-state index in [-0.39, 0.29) is 23.1 Å². The molecule has 29 heavy (non-hydrogen) atoms. The van der Waals surface area contributed by atoms with Crippen molar-refractivity contribution in [3.63, 3.8) is 0 Å². The van der Waals surface area contributed by atoms with E-state index in [1.807, 2.05) is 17.0 Å². The third-order valence-corrected chi connectivity index (χ3v) is 6.47. The summed E-state index contributed by atoms with van der Waals surface area (Å²) < 4.78 is 0. The molecule has 0 radical (unpaired) electrons. The van der Waals surface area contributed by atoms with Gasteiger partial charge in [-0.25, -0.2) is 0 Å². The molecule has 0 bridgehead atoms. The second kappa shape index (κ2) is 11.0. The molecule has 1 saturated heterocycles. The molecule has 1 aromatic carbocycles. The number of hydrogen-bond donors (Lipinski definition) is 2. The van der Waals surface area contributed by atoms with Gasteiger partial charge in [0.2, 0.25) is 5.91 Å². The van der Waals surface area contributed by atoms with Crippen molar-refractivity contribution in [1.29, 1.82) is 0 Å². The lowest BCUT2D eigenvalue weighted by Crippen LogP contribution is -2.42. The van der Waals surface area contributed by atoms with Crippen LogP contribution in [0.25, 0.3) is 0 Å². The molecular formula is C25H41NO3. The number of benzene rings is 1. The van der Waals surface area contributed by atoms with Gasteiger partial charge in [-0.05, 0) is 42.7 Å². The Morgan fingerprint density at radius 3 is 2.52 bits per heavy atom. The number of aliphatic hydroxyl groups excluding tert-OH is 1. The van der Waals surface area contributed by atoms with Crippen LogP contribution in [0.1, 0.15) is 109 Å². The molecule has 4 nitrogen and oxygen atoms in total. The lowest BCUT2D eigenvalue weighted by Gasteiger charge is -2.39. The van der Waals surface area contributed by atoms with Crippen molar-refractivity contribution in [3.8, 4) is 5.75 Å². The number of unbranched alkanes of at least 4 members (excludes halogenated alkanes) is 4. The minimum Gasteiger partial charge on any atom is -0.508 e. The fraction of sp³-hybridized carbons (Fsp3) is 0.720. The predicted octanol–water partition coefficient (Wildman–Crippen LogP) is 5.85. The zero-order valence-electron chi connectivity index (χ0n) is 18.9. The molecule has 164 valence electrons. The van der Waals surface area contributed by atoms with Gasteiger partial charge in [0.25, 0.3) is 0 Å². The Morgan fingerprint density at radius 1 is 1.14 bits per heavy atom. The molecule has 0 spiro atoms. The van der Waals surface area contributed by atoms with Gasteiger partial charge < -0.3 is 15.1 Å². The van der Waals surface area contributed by atoms with Crippen LogP contribution in [-0.2, 0) is 10.2 Å². The van der Waals surface area contributed by atoms with Crippen molar-refractivity contribution >= 4 is 5.91 Å². The Kier molecular flexibility index (Phi) is 9.01. The van der Waals surface area contributed by atoms with E-state index in [0.29, 0.717) is 25.8 Å². The average Bonchev–Trinajstić information content (AvgIpc) is 2.69. The topological polar surface area (TPSA) is 60.8 Å². The molecule has 2 unspecified atom stereocenters. The van der Waals surface area contributed by atoms with E-state index in [9.17, 15) is 15.0 Å². The van der Waals surface area contributed by atoms with E-state index in [4.69, 9.17) is 0 Å². The quantitative estimate of drug-likeness (QED) is 0.481. The number of phenols is 1. The van der Waals surface area contributed by atoms with E-state index >= 15 is 0 Å². The van der Waals surface area contributed by atoms with Gasteiger partial charge in [0.05, 0.1) is 12.1 Å². The average molecular weight is 404 g/mol. The Morgan fingerprint density at radius 2 is 1.86 bits per heavy atom. The maximum absolute atomic E-state index is 12.7. The standard InChI is InChI=1S/C25H41NO3/c1-5-7-9-10-15-25(3,4)19-12-13-21(23(28)17-19)22-18-20(27)14-16-26(22)24(29)11-8-6-2/h12-13,17,20,22,27-28H,5-11,14-16,18H2,1-4H3. The number of hydrogen-bond acceptors (Lipinski definition) is 3. The summed E-state index contributed by atoms with van der Waals surface area (Å²) in [5.74, 6) is 0.375. The maximum atomic E-state index is 12.7.